The number of likely N-dealkylation sites (tertiary alicyclic amines) is 1. The van der Waals surface area contributed by atoms with E-state index in [9.17, 15) is 0 Å². The lowest BCUT2D eigenvalue weighted by atomic mass is 10.0. The molecule has 5 rings (SSSR count). The van der Waals surface area contributed by atoms with Gasteiger partial charge in [0.2, 0.25) is 6.79 Å². The van der Waals surface area contributed by atoms with Gasteiger partial charge in [-0.05, 0) is 54.9 Å². The smallest absolute Gasteiger partial charge is 0.231 e. The minimum absolute atomic E-state index is 0.304. The number of rotatable bonds is 6. The first kappa shape index (κ1) is 18.3. The Morgan fingerprint density at radius 1 is 1.14 bits per heavy atom. The number of aryl methyl sites for hydroxylation is 2. The highest BCUT2D eigenvalue weighted by Gasteiger charge is 2.28. The molecule has 0 N–H and O–H groups in total. The Balaban J connectivity index is 1.28. The van der Waals surface area contributed by atoms with Gasteiger partial charge in [0.25, 0.3) is 0 Å². The first-order chi connectivity index (χ1) is 14.3. The van der Waals surface area contributed by atoms with Gasteiger partial charge in [-0.15, -0.1) is 0 Å². The molecule has 3 aromatic rings. The van der Waals surface area contributed by atoms with E-state index in [1.807, 2.05) is 46.0 Å². The lowest BCUT2D eigenvalue weighted by Crippen LogP contribution is -2.27. The van der Waals surface area contributed by atoms with E-state index in [0.717, 1.165) is 54.3 Å². The van der Waals surface area contributed by atoms with Gasteiger partial charge in [0.1, 0.15) is 6.33 Å². The van der Waals surface area contributed by atoms with Gasteiger partial charge in [0.15, 0.2) is 16.3 Å². The molecule has 2 aromatic heterocycles. The van der Waals surface area contributed by atoms with Crippen molar-refractivity contribution in [1.29, 1.82) is 0 Å². The van der Waals surface area contributed by atoms with E-state index in [4.69, 9.17) is 21.7 Å². The third-order valence-corrected chi connectivity index (χ3v) is 6.04. The summed E-state index contributed by atoms with van der Waals surface area (Å²) in [5.41, 5.74) is 2.32. The van der Waals surface area contributed by atoms with Crippen molar-refractivity contribution >= 4 is 12.2 Å². The van der Waals surface area contributed by atoms with Crippen LogP contribution in [0.4, 0.5) is 0 Å². The largest absolute Gasteiger partial charge is 0.454 e. The van der Waals surface area contributed by atoms with Crippen molar-refractivity contribution in [2.45, 2.75) is 38.5 Å². The number of hydrogen-bond donors (Lipinski definition) is 0. The van der Waals surface area contributed by atoms with Crippen LogP contribution >= 0.6 is 12.2 Å². The molecule has 0 bridgehead atoms. The summed E-state index contributed by atoms with van der Waals surface area (Å²) >= 11 is 5.68. The second-order valence-corrected chi connectivity index (χ2v) is 7.77. The van der Waals surface area contributed by atoms with Gasteiger partial charge in [-0.25, -0.2) is 4.68 Å². The first-order valence-electron chi connectivity index (χ1n) is 9.94. The maximum Gasteiger partial charge on any atom is 0.231 e. The van der Waals surface area contributed by atoms with E-state index in [-0.39, 0.29) is 0 Å². The van der Waals surface area contributed by atoms with Crippen LogP contribution in [0, 0.1) is 4.77 Å². The van der Waals surface area contributed by atoms with Crippen LogP contribution in [0.2, 0.25) is 0 Å². The summed E-state index contributed by atoms with van der Waals surface area (Å²) < 4.78 is 15.7. The third kappa shape index (κ3) is 3.77. The zero-order chi connectivity index (χ0) is 19.6. The Morgan fingerprint density at radius 2 is 2.07 bits per heavy atom. The first-order valence-corrected chi connectivity index (χ1v) is 10.3. The number of aromatic nitrogens is 4. The molecule has 1 unspecified atom stereocenters. The maximum atomic E-state index is 5.68. The van der Waals surface area contributed by atoms with Crippen molar-refractivity contribution in [1.82, 2.24) is 24.2 Å². The second-order valence-electron chi connectivity index (χ2n) is 7.40. The normalized spacial score (nSPS) is 18.4. The Bertz CT molecular complexity index is 1050. The quantitative estimate of drug-likeness (QED) is 0.580. The summed E-state index contributed by atoms with van der Waals surface area (Å²) in [5, 5.41) is 4.55. The minimum atomic E-state index is 0.304. The maximum absolute atomic E-state index is 5.68. The summed E-state index contributed by atoms with van der Waals surface area (Å²) in [6.07, 6.45) is 6.77. The van der Waals surface area contributed by atoms with Crippen LogP contribution in [0.25, 0.3) is 0 Å². The van der Waals surface area contributed by atoms with Crippen LogP contribution < -0.4 is 9.47 Å². The van der Waals surface area contributed by atoms with E-state index in [2.05, 4.69) is 27.1 Å². The molecule has 0 spiro atoms. The molecular formula is C21H23N5O2S. The molecule has 7 nitrogen and oxygen atoms in total. The summed E-state index contributed by atoms with van der Waals surface area (Å²) in [4.78, 5) is 6.81. The Kier molecular flexibility index (Phi) is 5.03. The summed E-state index contributed by atoms with van der Waals surface area (Å²) in [7, 11) is 0. The molecule has 1 atom stereocenters. The van der Waals surface area contributed by atoms with E-state index in [0.29, 0.717) is 19.5 Å². The number of nitrogens with zero attached hydrogens (tertiary/aromatic N) is 5. The van der Waals surface area contributed by atoms with Crippen LogP contribution in [0.5, 0.6) is 11.5 Å². The van der Waals surface area contributed by atoms with Gasteiger partial charge in [-0.3, -0.25) is 9.88 Å². The van der Waals surface area contributed by atoms with E-state index in [1.165, 1.54) is 5.56 Å². The Morgan fingerprint density at radius 3 is 2.97 bits per heavy atom. The van der Waals surface area contributed by atoms with Crippen molar-refractivity contribution in [3.63, 3.8) is 0 Å². The van der Waals surface area contributed by atoms with Crippen LogP contribution in [0.15, 0.2) is 48.9 Å². The predicted molar refractivity (Wildman–Crippen MR) is 110 cm³/mol. The van der Waals surface area contributed by atoms with E-state index >= 15 is 0 Å². The number of benzene rings is 1. The average molecular weight is 410 g/mol. The highest BCUT2D eigenvalue weighted by Crippen LogP contribution is 2.39. The van der Waals surface area contributed by atoms with E-state index < -0.39 is 0 Å². The monoisotopic (exact) mass is 409 g/mol. The Hall–Kier alpha value is -2.71. The van der Waals surface area contributed by atoms with Gasteiger partial charge in [-0.1, -0.05) is 12.1 Å². The molecule has 0 amide bonds. The van der Waals surface area contributed by atoms with Crippen LogP contribution in [-0.2, 0) is 19.6 Å². The molecule has 0 radical (unpaired) electrons. The van der Waals surface area contributed by atoms with Crippen molar-refractivity contribution in [2.75, 3.05) is 13.3 Å². The number of ether oxygens (including phenoxy) is 2. The van der Waals surface area contributed by atoms with Crippen LogP contribution in [-0.4, -0.2) is 37.6 Å². The van der Waals surface area contributed by atoms with Crippen molar-refractivity contribution in [3.8, 4) is 11.5 Å². The Labute approximate surface area is 174 Å². The van der Waals surface area contributed by atoms with Gasteiger partial charge < -0.3 is 14.0 Å². The SMILES string of the molecule is S=c1n(CCc2ccccn2)cnn1CN1CCCC1c1ccc2c(c1)OCO2. The summed E-state index contributed by atoms with van der Waals surface area (Å²) in [6.45, 7) is 2.80. The summed E-state index contributed by atoms with van der Waals surface area (Å²) in [5.74, 6) is 1.66. The highest BCUT2D eigenvalue weighted by atomic mass is 32.1. The molecule has 150 valence electrons. The van der Waals surface area contributed by atoms with Crippen molar-refractivity contribution < 1.29 is 9.47 Å². The van der Waals surface area contributed by atoms with Crippen LogP contribution in [0.1, 0.15) is 30.1 Å². The molecule has 2 aliphatic heterocycles. The second kappa shape index (κ2) is 7.96. The third-order valence-electron chi connectivity index (χ3n) is 5.59. The van der Waals surface area contributed by atoms with Crippen LogP contribution in [0.3, 0.4) is 0 Å². The minimum Gasteiger partial charge on any atom is -0.454 e. The van der Waals surface area contributed by atoms with Crippen molar-refractivity contribution in [2.24, 2.45) is 0 Å². The molecule has 29 heavy (non-hydrogen) atoms. The zero-order valence-corrected chi connectivity index (χ0v) is 16.9. The van der Waals surface area contributed by atoms with Gasteiger partial charge >= 0.3 is 0 Å². The van der Waals surface area contributed by atoms with E-state index in [1.54, 1.807) is 0 Å². The fraction of sp³-hybridized carbons (Fsp3) is 0.381. The van der Waals surface area contributed by atoms with Gasteiger partial charge in [0.05, 0.1) is 6.67 Å². The molecule has 2 aliphatic rings. The summed E-state index contributed by atoms with van der Waals surface area (Å²) in [6, 6.07) is 12.6. The fourth-order valence-electron chi connectivity index (χ4n) is 4.07. The molecule has 8 heteroatoms. The molecule has 4 heterocycles. The predicted octanol–water partition coefficient (Wildman–Crippen LogP) is 3.58. The fourth-order valence-corrected chi connectivity index (χ4v) is 4.31. The number of fused-ring (bicyclic) bond motifs is 1. The number of pyridine rings is 1. The highest BCUT2D eigenvalue weighted by molar-refractivity contribution is 7.71. The lowest BCUT2D eigenvalue weighted by molar-refractivity contribution is 0.173. The molecule has 1 saturated heterocycles. The molecule has 0 aliphatic carbocycles. The lowest BCUT2D eigenvalue weighted by Gasteiger charge is -2.24. The molecule has 1 aromatic carbocycles. The molecule has 0 saturated carbocycles. The zero-order valence-electron chi connectivity index (χ0n) is 16.1. The van der Waals surface area contributed by atoms with Gasteiger partial charge in [-0.2, -0.15) is 5.10 Å². The topological polar surface area (TPSA) is 57.3 Å². The van der Waals surface area contributed by atoms with Gasteiger partial charge in [0, 0.05) is 37.4 Å². The van der Waals surface area contributed by atoms with Crippen molar-refractivity contribution in [3.05, 3.63) is 65.0 Å². The molecule has 1 fully saturated rings. The average Bonchev–Trinajstić information content (AvgIpc) is 3.48. The standard InChI is InChI=1S/C21H23N5O2S/c29-21-24(11-8-17-4-1-2-9-22-17)13-23-26(21)14-25-10-3-5-18(25)16-6-7-19-20(12-16)28-15-27-19/h1-2,4,6-7,9,12-13,18H,3,5,8,10-11,14-15H2. The number of hydrogen-bond acceptors (Lipinski definition) is 6. The molecular weight excluding hydrogens is 386 g/mol.